The van der Waals surface area contributed by atoms with Gasteiger partial charge in [0.2, 0.25) is 0 Å². The van der Waals surface area contributed by atoms with Gasteiger partial charge in [-0.2, -0.15) is 0 Å². The molecule has 6 nitrogen and oxygen atoms in total. The molecule has 0 bridgehead atoms. The number of nitrogens with one attached hydrogen (secondary N) is 1. The number of carbonyl (C=O) groups excluding carboxylic acids is 1. The van der Waals surface area contributed by atoms with E-state index in [1.807, 2.05) is 0 Å². The third kappa shape index (κ3) is 1.94. The van der Waals surface area contributed by atoms with E-state index in [1.54, 1.807) is 24.3 Å². The lowest BCUT2D eigenvalue weighted by molar-refractivity contribution is -0.144. The van der Waals surface area contributed by atoms with E-state index in [-0.39, 0.29) is 13.0 Å². The van der Waals surface area contributed by atoms with E-state index in [0.717, 1.165) is 0 Å². The van der Waals surface area contributed by atoms with Crippen LogP contribution in [0.15, 0.2) is 34.9 Å². The van der Waals surface area contributed by atoms with E-state index >= 15 is 0 Å². The van der Waals surface area contributed by atoms with Gasteiger partial charge in [-0.15, -0.1) is 0 Å². The highest BCUT2D eigenvalue weighted by atomic mass is 16.5. The van der Waals surface area contributed by atoms with Gasteiger partial charge in [-0.1, -0.05) is 18.2 Å². The smallest absolute Gasteiger partial charge is 0.331 e. The van der Waals surface area contributed by atoms with Crippen LogP contribution in [-0.4, -0.2) is 35.7 Å². The zero-order valence-corrected chi connectivity index (χ0v) is 10.6. The number of para-hydroxylation sites is 1. The number of hydrogen-bond acceptors (Lipinski definition) is 4. The number of carboxylic acid groups (broad SMARTS) is 1. The largest absolute Gasteiger partial charge is 0.479 e. The first-order valence-electron chi connectivity index (χ1n) is 6.22. The molecule has 1 aromatic carbocycles. The number of ether oxygens (including phenoxy) is 1. The van der Waals surface area contributed by atoms with Crippen molar-refractivity contribution in [3.8, 4) is 0 Å². The van der Waals surface area contributed by atoms with Crippen molar-refractivity contribution in [3.63, 3.8) is 0 Å². The van der Waals surface area contributed by atoms with Crippen LogP contribution < -0.4 is 5.32 Å². The molecule has 0 spiro atoms. The van der Waals surface area contributed by atoms with E-state index in [9.17, 15) is 14.7 Å². The maximum atomic E-state index is 12.3. The summed E-state index contributed by atoms with van der Waals surface area (Å²) in [6.07, 6.45) is 1.59. The van der Waals surface area contributed by atoms with Crippen LogP contribution >= 0.6 is 0 Å². The van der Waals surface area contributed by atoms with Crippen molar-refractivity contribution in [2.24, 2.45) is 0 Å². The molecule has 6 heteroatoms. The summed E-state index contributed by atoms with van der Waals surface area (Å²) in [5, 5.41) is 12.5. The first kappa shape index (κ1) is 12.7. The Labute approximate surface area is 114 Å². The number of rotatable bonds is 3. The van der Waals surface area contributed by atoms with E-state index in [2.05, 4.69) is 5.32 Å². The van der Waals surface area contributed by atoms with Crippen LogP contribution in [0.1, 0.15) is 16.8 Å². The molecule has 20 heavy (non-hydrogen) atoms. The Morgan fingerprint density at radius 3 is 2.80 bits per heavy atom. The molecule has 2 aromatic rings. The van der Waals surface area contributed by atoms with Crippen molar-refractivity contribution in [1.29, 1.82) is 0 Å². The molecule has 1 fully saturated rings. The van der Waals surface area contributed by atoms with Crippen LogP contribution in [0.3, 0.4) is 0 Å². The fourth-order valence-corrected chi connectivity index (χ4v) is 2.32. The molecule has 2 N–H and O–H groups in total. The van der Waals surface area contributed by atoms with Crippen molar-refractivity contribution in [2.75, 3.05) is 13.2 Å². The molecule has 1 aliphatic rings. The van der Waals surface area contributed by atoms with E-state index in [1.165, 1.54) is 6.26 Å². The monoisotopic (exact) mass is 275 g/mol. The van der Waals surface area contributed by atoms with Crippen LogP contribution in [0.5, 0.6) is 0 Å². The molecular formula is C14H13NO5. The first-order chi connectivity index (χ1) is 9.62. The molecule has 0 aliphatic carbocycles. The summed E-state index contributed by atoms with van der Waals surface area (Å²) >= 11 is 0. The second-order valence-corrected chi connectivity index (χ2v) is 4.79. The molecule has 0 saturated carbocycles. The topological polar surface area (TPSA) is 88.8 Å². The fourth-order valence-electron chi connectivity index (χ4n) is 2.32. The Morgan fingerprint density at radius 2 is 2.10 bits per heavy atom. The molecule has 1 unspecified atom stereocenters. The standard InChI is InChI=1S/C14H13NO5/c16-12(15-14(13(17)18)5-6-19-8-14)10-7-20-11-4-2-1-3-9(10)11/h1-4,7H,5-6,8H2,(H,15,16)(H,17,18). The van der Waals surface area contributed by atoms with Gasteiger partial charge in [-0.05, 0) is 6.07 Å². The predicted molar refractivity (Wildman–Crippen MR) is 69.5 cm³/mol. The predicted octanol–water partition coefficient (Wildman–Crippen LogP) is 1.41. The fraction of sp³-hybridized carbons (Fsp3) is 0.286. The quantitative estimate of drug-likeness (QED) is 0.884. The minimum Gasteiger partial charge on any atom is -0.479 e. The van der Waals surface area contributed by atoms with Crippen LogP contribution in [0.2, 0.25) is 0 Å². The van der Waals surface area contributed by atoms with Crippen molar-refractivity contribution in [3.05, 3.63) is 36.1 Å². The lowest BCUT2D eigenvalue weighted by atomic mass is 9.98. The minimum absolute atomic E-state index is 0.0240. The lowest BCUT2D eigenvalue weighted by Gasteiger charge is -2.23. The summed E-state index contributed by atoms with van der Waals surface area (Å²) in [4.78, 5) is 23.7. The average Bonchev–Trinajstić information content (AvgIpc) is 3.05. The number of hydrogen-bond donors (Lipinski definition) is 2. The minimum atomic E-state index is -1.35. The summed E-state index contributed by atoms with van der Waals surface area (Å²) in [6.45, 7) is 0.294. The molecular weight excluding hydrogens is 262 g/mol. The highest BCUT2D eigenvalue weighted by molar-refractivity contribution is 6.07. The maximum Gasteiger partial charge on any atom is 0.331 e. The number of carboxylic acids is 1. The number of benzene rings is 1. The Kier molecular flexibility index (Phi) is 2.94. The molecule has 1 aliphatic heterocycles. The van der Waals surface area contributed by atoms with E-state index in [0.29, 0.717) is 23.1 Å². The van der Waals surface area contributed by atoms with Crippen molar-refractivity contribution < 1.29 is 23.8 Å². The van der Waals surface area contributed by atoms with Gasteiger partial charge in [-0.3, -0.25) is 4.79 Å². The second kappa shape index (κ2) is 4.64. The number of furan rings is 1. The van der Waals surface area contributed by atoms with Crippen LogP contribution in [0.25, 0.3) is 11.0 Å². The van der Waals surface area contributed by atoms with E-state index < -0.39 is 17.4 Å². The van der Waals surface area contributed by atoms with Gasteiger partial charge in [0.25, 0.3) is 5.91 Å². The summed E-state index contributed by atoms with van der Waals surface area (Å²) in [5.74, 6) is -1.56. The molecule has 104 valence electrons. The third-order valence-electron chi connectivity index (χ3n) is 3.51. The number of carbonyl (C=O) groups is 2. The molecule has 1 amide bonds. The number of aliphatic carboxylic acids is 1. The normalized spacial score (nSPS) is 22.0. The van der Waals surface area contributed by atoms with Gasteiger partial charge < -0.3 is 19.6 Å². The molecule has 0 radical (unpaired) electrons. The first-order valence-corrected chi connectivity index (χ1v) is 6.22. The summed E-state index contributed by atoms with van der Waals surface area (Å²) in [6, 6.07) is 7.10. The van der Waals surface area contributed by atoms with Gasteiger partial charge >= 0.3 is 5.97 Å². The highest BCUT2D eigenvalue weighted by Gasteiger charge is 2.44. The maximum absolute atomic E-state index is 12.3. The zero-order chi connectivity index (χ0) is 14.2. The summed E-state index contributed by atoms with van der Waals surface area (Å²) in [7, 11) is 0. The van der Waals surface area contributed by atoms with Crippen LogP contribution in [-0.2, 0) is 9.53 Å². The number of fused-ring (bicyclic) bond motifs is 1. The van der Waals surface area contributed by atoms with Gasteiger partial charge in [0.1, 0.15) is 11.8 Å². The highest BCUT2D eigenvalue weighted by Crippen LogP contribution is 2.24. The van der Waals surface area contributed by atoms with Gasteiger partial charge in [0.05, 0.1) is 12.2 Å². The molecule has 3 rings (SSSR count). The molecule has 1 atom stereocenters. The lowest BCUT2D eigenvalue weighted by Crippen LogP contribution is -2.55. The zero-order valence-electron chi connectivity index (χ0n) is 10.6. The summed E-state index contributed by atoms with van der Waals surface area (Å²) < 4.78 is 10.4. The van der Waals surface area contributed by atoms with Gasteiger partial charge in [-0.25, -0.2) is 4.79 Å². The molecule has 2 heterocycles. The SMILES string of the molecule is O=C(NC1(C(=O)O)CCOC1)c1coc2ccccc12. The average molecular weight is 275 g/mol. The van der Waals surface area contributed by atoms with Crippen molar-refractivity contribution in [1.82, 2.24) is 5.32 Å². The van der Waals surface area contributed by atoms with Gasteiger partial charge in [0, 0.05) is 18.4 Å². The van der Waals surface area contributed by atoms with Crippen LogP contribution in [0.4, 0.5) is 0 Å². The van der Waals surface area contributed by atoms with E-state index in [4.69, 9.17) is 9.15 Å². The Morgan fingerprint density at radius 1 is 1.30 bits per heavy atom. The van der Waals surface area contributed by atoms with Gasteiger partial charge in [0.15, 0.2) is 5.54 Å². The van der Waals surface area contributed by atoms with Crippen molar-refractivity contribution in [2.45, 2.75) is 12.0 Å². The summed E-state index contributed by atoms with van der Waals surface area (Å²) in [5.41, 5.74) is -0.437. The Hall–Kier alpha value is -2.34. The third-order valence-corrected chi connectivity index (χ3v) is 3.51. The second-order valence-electron chi connectivity index (χ2n) is 4.79. The molecule has 1 saturated heterocycles. The number of amides is 1. The Balaban J connectivity index is 1.91. The van der Waals surface area contributed by atoms with Crippen LogP contribution in [0, 0.1) is 0 Å². The molecule has 1 aromatic heterocycles. The van der Waals surface area contributed by atoms with Crippen molar-refractivity contribution >= 4 is 22.8 Å². The Bertz CT molecular complexity index is 669.